The average molecular weight is 467 g/mol. The molecular formula is C29H26N2O4. The number of methoxy groups -OCH3 is 4. The minimum Gasteiger partial charge on any atom is -0.493 e. The fourth-order valence-corrected chi connectivity index (χ4v) is 4.88. The Labute approximate surface area is 205 Å². The second-order valence-electron chi connectivity index (χ2n) is 8.29. The Hall–Kier alpha value is -4.42. The molecular weight excluding hydrogens is 440 g/mol. The molecule has 0 amide bonds. The third-order valence-corrected chi connectivity index (χ3v) is 6.79. The summed E-state index contributed by atoms with van der Waals surface area (Å²) in [5.41, 5.74) is 4.60. The van der Waals surface area contributed by atoms with Gasteiger partial charge in [-0.1, -0.05) is 24.3 Å². The fraction of sp³-hybridized carbons (Fsp3) is 0.241. The van der Waals surface area contributed by atoms with Crippen LogP contribution in [0.1, 0.15) is 33.4 Å². The number of hydrogen-bond acceptors (Lipinski definition) is 6. The molecule has 0 N–H and O–H groups in total. The molecule has 6 heteroatoms. The zero-order chi connectivity index (χ0) is 25.3. The Balaban J connectivity index is 2.20. The first kappa shape index (κ1) is 23.7. The lowest BCUT2D eigenvalue weighted by molar-refractivity contribution is 0.353. The molecule has 6 nitrogen and oxygen atoms in total. The van der Waals surface area contributed by atoms with Crippen molar-refractivity contribution in [3.8, 4) is 35.1 Å². The van der Waals surface area contributed by atoms with Crippen molar-refractivity contribution < 1.29 is 18.9 Å². The molecule has 1 unspecified atom stereocenters. The van der Waals surface area contributed by atoms with E-state index in [0.29, 0.717) is 50.8 Å². The molecule has 1 aliphatic carbocycles. The highest BCUT2D eigenvalue weighted by Gasteiger charge is 2.49. The molecule has 4 rings (SSSR count). The lowest BCUT2D eigenvalue weighted by Gasteiger charge is -2.29. The Morgan fingerprint density at radius 3 is 1.94 bits per heavy atom. The Morgan fingerprint density at radius 2 is 1.34 bits per heavy atom. The number of benzene rings is 3. The van der Waals surface area contributed by atoms with Crippen LogP contribution in [0.4, 0.5) is 0 Å². The van der Waals surface area contributed by atoms with Crippen molar-refractivity contribution in [2.24, 2.45) is 0 Å². The third kappa shape index (κ3) is 3.38. The van der Waals surface area contributed by atoms with Crippen LogP contribution < -0.4 is 18.9 Å². The van der Waals surface area contributed by atoms with Gasteiger partial charge in [0.1, 0.15) is 11.5 Å². The molecule has 0 saturated heterocycles. The van der Waals surface area contributed by atoms with E-state index in [1.807, 2.05) is 38.1 Å². The molecule has 35 heavy (non-hydrogen) atoms. The van der Waals surface area contributed by atoms with Gasteiger partial charge >= 0.3 is 0 Å². The number of nitriles is 2. The van der Waals surface area contributed by atoms with Gasteiger partial charge in [-0.25, -0.2) is 0 Å². The number of fused-ring (bicyclic) bond motifs is 1. The normalized spacial score (nSPS) is 16.2. The Bertz CT molecular complexity index is 1440. The van der Waals surface area contributed by atoms with Gasteiger partial charge in [0.2, 0.25) is 0 Å². The fourth-order valence-electron chi connectivity index (χ4n) is 4.88. The van der Waals surface area contributed by atoms with E-state index in [1.54, 1.807) is 52.7 Å². The van der Waals surface area contributed by atoms with Gasteiger partial charge in [-0.15, -0.1) is 0 Å². The van der Waals surface area contributed by atoms with E-state index in [4.69, 9.17) is 18.9 Å². The molecule has 0 spiro atoms. The predicted octanol–water partition coefficient (Wildman–Crippen LogP) is 5.60. The number of aryl methyl sites for hydroxylation is 1. The number of allylic oxidation sites excluding steroid dienone is 2. The van der Waals surface area contributed by atoms with Crippen molar-refractivity contribution in [3.63, 3.8) is 0 Å². The van der Waals surface area contributed by atoms with Crippen LogP contribution in [0.15, 0.2) is 48.5 Å². The summed E-state index contributed by atoms with van der Waals surface area (Å²) in [5, 5.41) is 21.4. The van der Waals surface area contributed by atoms with E-state index < -0.39 is 5.41 Å². The highest BCUT2D eigenvalue weighted by atomic mass is 16.5. The quantitative estimate of drug-likeness (QED) is 0.470. The van der Waals surface area contributed by atoms with E-state index >= 15 is 0 Å². The van der Waals surface area contributed by atoms with E-state index in [2.05, 4.69) is 12.1 Å². The lowest BCUT2D eigenvalue weighted by Crippen LogP contribution is -2.26. The highest BCUT2D eigenvalue weighted by Crippen LogP contribution is 2.57. The average Bonchev–Trinajstić information content (AvgIpc) is 3.17. The monoisotopic (exact) mass is 466 g/mol. The zero-order valence-corrected chi connectivity index (χ0v) is 20.6. The van der Waals surface area contributed by atoms with Crippen LogP contribution in [-0.2, 0) is 5.41 Å². The van der Waals surface area contributed by atoms with Gasteiger partial charge in [-0.3, -0.25) is 0 Å². The summed E-state index contributed by atoms with van der Waals surface area (Å²) in [6.45, 7) is 4.03. The molecule has 1 atom stereocenters. The van der Waals surface area contributed by atoms with Crippen molar-refractivity contribution >= 4 is 11.1 Å². The number of rotatable bonds is 6. The van der Waals surface area contributed by atoms with Gasteiger partial charge in [-0.2, -0.15) is 10.5 Å². The molecule has 0 aromatic heterocycles. The van der Waals surface area contributed by atoms with Crippen molar-refractivity contribution in [1.29, 1.82) is 10.5 Å². The minimum atomic E-state index is -1.31. The van der Waals surface area contributed by atoms with Crippen LogP contribution in [0, 0.1) is 36.5 Å². The lowest BCUT2D eigenvalue weighted by atomic mass is 9.69. The van der Waals surface area contributed by atoms with E-state index in [9.17, 15) is 10.5 Å². The molecule has 3 aromatic carbocycles. The summed E-state index contributed by atoms with van der Waals surface area (Å²) in [5.74, 6) is 2.01. The predicted molar refractivity (Wildman–Crippen MR) is 134 cm³/mol. The van der Waals surface area contributed by atoms with Gasteiger partial charge < -0.3 is 18.9 Å². The second-order valence-corrected chi connectivity index (χ2v) is 8.29. The molecule has 0 fully saturated rings. The molecule has 0 heterocycles. The first-order valence-corrected chi connectivity index (χ1v) is 11.0. The molecule has 0 aliphatic heterocycles. The van der Waals surface area contributed by atoms with Gasteiger partial charge in [0.15, 0.2) is 23.0 Å². The van der Waals surface area contributed by atoms with Crippen LogP contribution >= 0.6 is 0 Å². The number of nitrogens with zero attached hydrogens (tertiary/aromatic N) is 2. The summed E-state index contributed by atoms with van der Waals surface area (Å²) in [7, 11) is 6.22. The maximum absolute atomic E-state index is 11.0. The number of ether oxygens (including phenoxy) is 4. The van der Waals surface area contributed by atoms with Crippen molar-refractivity contribution in [2.45, 2.75) is 19.3 Å². The smallest absolute Gasteiger partial charge is 0.161 e. The molecule has 176 valence electrons. The maximum Gasteiger partial charge on any atom is 0.161 e. The standard InChI is InChI=1S/C29H26N2O4/c1-17-8-7-9-20(18(17)2)28-22(15-30)21-13-26(34-5)27(35-6)14-23(21)29(28,16-31)19-10-11-24(32-3)25(12-19)33-4/h7-14H,1-6H3. The van der Waals surface area contributed by atoms with Crippen molar-refractivity contribution in [2.75, 3.05) is 28.4 Å². The topological polar surface area (TPSA) is 84.5 Å². The zero-order valence-electron chi connectivity index (χ0n) is 20.6. The van der Waals surface area contributed by atoms with Crippen LogP contribution in [0.25, 0.3) is 11.1 Å². The van der Waals surface area contributed by atoms with E-state index in [-0.39, 0.29) is 0 Å². The number of hydrogen-bond donors (Lipinski definition) is 0. The SMILES string of the molecule is COc1ccc(C2(C#N)C(c3cccc(C)c3C)=C(C#N)c3cc(OC)c(OC)cc32)cc1OC. The molecule has 3 aromatic rings. The second kappa shape index (κ2) is 9.08. The highest BCUT2D eigenvalue weighted by molar-refractivity contribution is 6.10. The van der Waals surface area contributed by atoms with Crippen LogP contribution in [0.2, 0.25) is 0 Å². The molecule has 1 aliphatic rings. The minimum absolute atomic E-state index is 0.422. The summed E-state index contributed by atoms with van der Waals surface area (Å²) in [4.78, 5) is 0. The van der Waals surface area contributed by atoms with Gasteiger partial charge in [0, 0.05) is 11.1 Å². The van der Waals surface area contributed by atoms with Crippen LogP contribution in [0.5, 0.6) is 23.0 Å². The van der Waals surface area contributed by atoms with Gasteiger partial charge in [0.25, 0.3) is 0 Å². The Kier molecular flexibility index (Phi) is 6.16. The van der Waals surface area contributed by atoms with Crippen LogP contribution in [-0.4, -0.2) is 28.4 Å². The van der Waals surface area contributed by atoms with E-state index in [0.717, 1.165) is 16.7 Å². The molecule has 0 bridgehead atoms. The largest absolute Gasteiger partial charge is 0.493 e. The van der Waals surface area contributed by atoms with Crippen molar-refractivity contribution in [3.05, 3.63) is 81.9 Å². The molecule has 0 saturated carbocycles. The Morgan fingerprint density at radius 1 is 0.714 bits per heavy atom. The first-order chi connectivity index (χ1) is 16.9. The van der Waals surface area contributed by atoms with Crippen LogP contribution in [0.3, 0.4) is 0 Å². The van der Waals surface area contributed by atoms with Gasteiger partial charge in [-0.05, 0) is 65.9 Å². The van der Waals surface area contributed by atoms with Gasteiger partial charge in [0.05, 0.1) is 40.1 Å². The first-order valence-electron chi connectivity index (χ1n) is 11.0. The summed E-state index contributed by atoms with van der Waals surface area (Å²) < 4.78 is 22.1. The maximum atomic E-state index is 11.0. The molecule has 0 radical (unpaired) electrons. The van der Waals surface area contributed by atoms with E-state index in [1.165, 1.54) is 0 Å². The summed E-state index contributed by atoms with van der Waals surface area (Å²) >= 11 is 0. The summed E-state index contributed by atoms with van der Waals surface area (Å²) in [6.07, 6.45) is 0. The summed E-state index contributed by atoms with van der Waals surface area (Å²) in [6, 6.07) is 19.9. The third-order valence-electron chi connectivity index (χ3n) is 6.79. The van der Waals surface area contributed by atoms with Crippen molar-refractivity contribution in [1.82, 2.24) is 0 Å².